The molecule has 0 aromatic heterocycles. The van der Waals surface area contributed by atoms with Gasteiger partial charge in [-0.05, 0) is 37.5 Å². The molecule has 0 bridgehead atoms. The number of anilines is 1. The number of nitrogens with zero attached hydrogens (tertiary/aromatic N) is 3. The maximum atomic E-state index is 12.2. The molecule has 1 aromatic rings. The van der Waals surface area contributed by atoms with Crippen molar-refractivity contribution in [2.45, 2.75) is 25.9 Å². The van der Waals surface area contributed by atoms with Gasteiger partial charge in [0.25, 0.3) is 5.91 Å². The van der Waals surface area contributed by atoms with Crippen LogP contribution < -0.4 is 10.2 Å². The minimum absolute atomic E-state index is 0.0803. The number of hydrogen-bond donors (Lipinski definition) is 1. The Morgan fingerprint density at radius 1 is 1.38 bits per heavy atom. The zero-order valence-electron chi connectivity index (χ0n) is 15.3. The molecule has 0 radical (unpaired) electrons. The van der Waals surface area contributed by atoms with Gasteiger partial charge >= 0.3 is 0 Å². The summed E-state index contributed by atoms with van der Waals surface area (Å²) >= 11 is 0. The number of carbonyl (C=O) groups excluding carboxylic acids is 1. The molecule has 1 amide bonds. The van der Waals surface area contributed by atoms with E-state index in [0.717, 1.165) is 45.6 Å². The highest BCUT2D eigenvalue weighted by Gasteiger charge is 2.20. The first-order valence-electron chi connectivity index (χ1n) is 9.23. The number of aryl methyl sites for hydroxylation is 1. The average Bonchev–Trinajstić information content (AvgIpc) is 3.18. The van der Waals surface area contributed by atoms with Gasteiger partial charge in [0.05, 0.1) is 6.10 Å². The van der Waals surface area contributed by atoms with Crippen LogP contribution in [0.2, 0.25) is 0 Å². The Bertz CT molecular complexity index is 696. The lowest BCUT2D eigenvalue weighted by atomic mass is 10.2. The Balaban J connectivity index is 1.52. The summed E-state index contributed by atoms with van der Waals surface area (Å²) in [6.07, 6.45) is 3.77. The molecule has 26 heavy (non-hydrogen) atoms. The first kappa shape index (κ1) is 18.3. The van der Waals surface area contributed by atoms with Crippen molar-refractivity contribution in [2.75, 3.05) is 44.2 Å². The van der Waals surface area contributed by atoms with Gasteiger partial charge in [-0.1, -0.05) is 12.1 Å². The van der Waals surface area contributed by atoms with Gasteiger partial charge in [0.2, 0.25) is 0 Å². The van der Waals surface area contributed by atoms with Crippen molar-refractivity contribution in [1.29, 1.82) is 5.26 Å². The van der Waals surface area contributed by atoms with Crippen LogP contribution >= 0.6 is 0 Å². The van der Waals surface area contributed by atoms with Gasteiger partial charge in [-0.2, -0.15) is 5.26 Å². The first-order chi connectivity index (χ1) is 12.7. The summed E-state index contributed by atoms with van der Waals surface area (Å²) in [6.45, 7) is 6.64. The number of carbonyl (C=O) groups is 1. The molecule has 2 heterocycles. The molecule has 0 aliphatic carbocycles. The summed E-state index contributed by atoms with van der Waals surface area (Å²) in [7, 11) is 0. The average molecular weight is 354 g/mol. The van der Waals surface area contributed by atoms with E-state index >= 15 is 0 Å². The van der Waals surface area contributed by atoms with Gasteiger partial charge in [-0.25, -0.2) is 0 Å². The van der Waals surface area contributed by atoms with E-state index in [1.165, 1.54) is 11.3 Å². The molecule has 2 aliphatic rings. The lowest BCUT2D eigenvalue weighted by Gasteiger charge is -2.35. The highest BCUT2D eigenvalue weighted by molar-refractivity contribution is 5.97. The van der Waals surface area contributed by atoms with Gasteiger partial charge in [-0.15, -0.1) is 0 Å². The standard InChI is InChI=1S/C20H26N4O2/c1-16-4-2-5-18(12-16)24-9-7-23(8-10-24)15-17(13-21)20(25)22-14-19-6-3-11-26-19/h2,4-5,12,15,19H,3,6-11,14H2,1H3,(H,22,25)/b17-15-. The van der Waals surface area contributed by atoms with Crippen molar-refractivity contribution in [2.24, 2.45) is 0 Å². The predicted octanol–water partition coefficient (Wildman–Crippen LogP) is 1.82. The topological polar surface area (TPSA) is 68.6 Å². The van der Waals surface area contributed by atoms with Gasteiger partial charge in [0.15, 0.2) is 0 Å². The second-order valence-corrected chi connectivity index (χ2v) is 6.86. The molecule has 1 unspecified atom stereocenters. The molecule has 138 valence electrons. The third-order valence-corrected chi connectivity index (χ3v) is 4.87. The number of piperazine rings is 1. The molecule has 1 atom stereocenters. The fourth-order valence-corrected chi connectivity index (χ4v) is 3.36. The minimum atomic E-state index is -0.316. The van der Waals surface area contributed by atoms with Gasteiger partial charge < -0.3 is 19.9 Å². The lowest BCUT2D eigenvalue weighted by molar-refractivity contribution is -0.117. The molecular formula is C20H26N4O2. The Hall–Kier alpha value is -2.52. The summed E-state index contributed by atoms with van der Waals surface area (Å²) in [5.41, 5.74) is 2.63. The zero-order valence-corrected chi connectivity index (χ0v) is 15.3. The van der Waals surface area contributed by atoms with Crippen LogP contribution in [0.15, 0.2) is 36.0 Å². The van der Waals surface area contributed by atoms with E-state index in [4.69, 9.17) is 4.74 Å². The Morgan fingerprint density at radius 2 is 2.19 bits per heavy atom. The molecule has 1 N–H and O–H groups in total. The van der Waals surface area contributed by atoms with E-state index in [2.05, 4.69) is 46.3 Å². The van der Waals surface area contributed by atoms with E-state index in [9.17, 15) is 10.1 Å². The monoisotopic (exact) mass is 354 g/mol. The second kappa shape index (κ2) is 8.72. The lowest BCUT2D eigenvalue weighted by Crippen LogP contribution is -2.44. The molecule has 6 heteroatoms. The fourth-order valence-electron chi connectivity index (χ4n) is 3.36. The van der Waals surface area contributed by atoms with Crippen molar-refractivity contribution in [1.82, 2.24) is 10.2 Å². The van der Waals surface area contributed by atoms with Crippen LogP contribution in [0.3, 0.4) is 0 Å². The first-order valence-corrected chi connectivity index (χ1v) is 9.23. The SMILES string of the molecule is Cc1cccc(N2CCN(/C=C(/C#N)C(=O)NCC3CCCO3)CC2)c1. The maximum Gasteiger partial charge on any atom is 0.263 e. The van der Waals surface area contributed by atoms with Gasteiger partial charge in [0, 0.05) is 51.2 Å². The molecule has 3 rings (SSSR count). The van der Waals surface area contributed by atoms with Crippen molar-refractivity contribution >= 4 is 11.6 Å². The van der Waals surface area contributed by atoms with Crippen LogP contribution in [-0.2, 0) is 9.53 Å². The smallest absolute Gasteiger partial charge is 0.263 e. The maximum absolute atomic E-state index is 12.2. The molecule has 0 saturated carbocycles. The number of benzene rings is 1. The van der Waals surface area contributed by atoms with Crippen LogP contribution in [0, 0.1) is 18.3 Å². The molecule has 0 spiro atoms. The minimum Gasteiger partial charge on any atom is -0.376 e. The molecule has 2 saturated heterocycles. The summed E-state index contributed by atoms with van der Waals surface area (Å²) in [4.78, 5) is 16.6. The number of amides is 1. The molecule has 6 nitrogen and oxygen atoms in total. The Kier molecular flexibility index (Phi) is 6.13. The van der Waals surface area contributed by atoms with Crippen LogP contribution in [0.1, 0.15) is 18.4 Å². The van der Waals surface area contributed by atoms with E-state index < -0.39 is 0 Å². The largest absolute Gasteiger partial charge is 0.376 e. The van der Waals surface area contributed by atoms with E-state index in [0.29, 0.717) is 6.54 Å². The van der Waals surface area contributed by atoms with Crippen molar-refractivity contribution in [3.8, 4) is 6.07 Å². The molecule has 1 aromatic carbocycles. The summed E-state index contributed by atoms with van der Waals surface area (Å²) in [6, 6.07) is 10.5. The molecule has 2 fully saturated rings. The summed E-state index contributed by atoms with van der Waals surface area (Å²) in [5, 5.41) is 12.1. The van der Waals surface area contributed by atoms with E-state index in [1.54, 1.807) is 6.20 Å². The third-order valence-electron chi connectivity index (χ3n) is 4.87. The van der Waals surface area contributed by atoms with E-state index in [1.807, 2.05) is 6.07 Å². The van der Waals surface area contributed by atoms with Crippen LogP contribution in [0.4, 0.5) is 5.69 Å². The van der Waals surface area contributed by atoms with Gasteiger partial charge in [0.1, 0.15) is 11.6 Å². The van der Waals surface area contributed by atoms with Crippen molar-refractivity contribution < 1.29 is 9.53 Å². The van der Waals surface area contributed by atoms with Gasteiger partial charge in [-0.3, -0.25) is 4.79 Å². The highest BCUT2D eigenvalue weighted by Crippen LogP contribution is 2.18. The number of nitrogens with one attached hydrogen (secondary N) is 1. The number of rotatable bonds is 5. The van der Waals surface area contributed by atoms with Crippen LogP contribution in [0.25, 0.3) is 0 Å². The number of hydrogen-bond acceptors (Lipinski definition) is 5. The molecular weight excluding hydrogens is 328 g/mol. The van der Waals surface area contributed by atoms with Crippen LogP contribution in [-0.4, -0.2) is 56.2 Å². The summed E-state index contributed by atoms with van der Waals surface area (Å²) < 4.78 is 5.50. The number of nitriles is 1. The van der Waals surface area contributed by atoms with Crippen molar-refractivity contribution in [3.05, 3.63) is 41.6 Å². The second-order valence-electron chi connectivity index (χ2n) is 6.86. The zero-order chi connectivity index (χ0) is 18.4. The number of ether oxygens (including phenoxy) is 1. The molecule has 2 aliphatic heterocycles. The predicted molar refractivity (Wildman–Crippen MR) is 101 cm³/mol. The summed E-state index contributed by atoms with van der Waals surface area (Å²) in [5.74, 6) is -0.316. The fraction of sp³-hybridized carbons (Fsp3) is 0.500. The van der Waals surface area contributed by atoms with Crippen molar-refractivity contribution in [3.63, 3.8) is 0 Å². The Labute approximate surface area is 155 Å². The quantitative estimate of drug-likeness (QED) is 0.645. The normalized spacial score (nSPS) is 20.8. The van der Waals surface area contributed by atoms with E-state index in [-0.39, 0.29) is 17.6 Å². The highest BCUT2D eigenvalue weighted by atomic mass is 16.5. The van der Waals surface area contributed by atoms with Crippen LogP contribution in [0.5, 0.6) is 0 Å². The third kappa shape index (κ3) is 4.77. The Morgan fingerprint density at radius 3 is 2.85 bits per heavy atom.